The summed E-state index contributed by atoms with van der Waals surface area (Å²) in [5, 5.41) is 120. The standard InChI is InChI=1S/C69H113NO18/c1-3-5-7-9-11-13-15-16-17-18-19-20-21-22-23-24-25-26-27-28-29-30-31-32-33-34-35-36-37-39-41-43-45-47-57(75)70-52(53(74)46-44-42-40-38-14-12-10-8-6-4-2)51-83-67-63(81)60(78)65(55(49-72)85-67)88-69-64(82)61(79)66(56(50-73)86-69)87-68-62(80)59(77)58(76)54(48-71)84-68/h5,7,11,13,16-17,19-20,22-23,25-26,28-29,31-32,34-35,44,46,52-56,58-69,71-74,76-82H,3-4,6,8-10,12,14-15,18,21,24,27,30,33,36-43,45,47-51H2,1-2H3,(H,70,75)/b7-5-,13-11-,17-16-,20-19-,23-22-,26-25-,29-28-,32-31-,35-34-,46-44+. The highest BCUT2D eigenvalue weighted by Crippen LogP contribution is 2.33. The molecule has 19 nitrogen and oxygen atoms in total. The van der Waals surface area contributed by atoms with Crippen molar-refractivity contribution in [2.75, 3.05) is 26.4 Å². The van der Waals surface area contributed by atoms with Gasteiger partial charge in [0.05, 0.1) is 38.6 Å². The summed E-state index contributed by atoms with van der Waals surface area (Å²) in [7, 11) is 0. The van der Waals surface area contributed by atoms with E-state index in [-0.39, 0.29) is 18.9 Å². The second-order valence-electron chi connectivity index (χ2n) is 22.8. The lowest BCUT2D eigenvalue weighted by atomic mass is 9.96. The Morgan fingerprint density at radius 3 is 1.23 bits per heavy atom. The highest BCUT2D eigenvalue weighted by molar-refractivity contribution is 5.76. The van der Waals surface area contributed by atoms with Crippen LogP contribution in [0.3, 0.4) is 0 Å². The zero-order valence-electron chi connectivity index (χ0n) is 52.6. The Morgan fingerprint density at radius 1 is 0.420 bits per heavy atom. The first kappa shape index (κ1) is 78.4. The quantitative estimate of drug-likeness (QED) is 0.0206. The summed E-state index contributed by atoms with van der Waals surface area (Å²) in [5.41, 5.74) is 0. The minimum absolute atomic E-state index is 0.212. The van der Waals surface area contributed by atoms with Crippen LogP contribution in [0.1, 0.15) is 174 Å². The Morgan fingerprint density at radius 2 is 0.784 bits per heavy atom. The molecule has 0 spiro atoms. The number of hydrogen-bond acceptors (Lipinski definition) is 18. The second-order valence-corrected chi connectivity index (χ2v) is 22.8. The van der Waals surface area contributed by atoms with Crippen LogP contribution >= 0.6 is 0 Å². The van der Waals surface area contributed by atoms with Crippen molar-refractivity contribution in [2.24, 2.45) is 0 Å². The molecule has 0 aromatic rings. The van der Waals surface area contributed by atoms with Crippen LogP contribution in [-0.2, 0) is 33.2 Å². The fourth-order valence-corrected chi connectivity index (χ4v) is 10.2. The largest absolute Gasteiger partial charge is 0.394 e. The van der Waals surface area contributed by atoms with Crippen molar-refractivity contribution >= 4 is 5.91 Å². The van der Waals surface area contributed by atoms with Crippen molar-refractivity contribution < 1.29 is 89.4 Å². The van der Waals surface area contributed by atoms with Crippen molar-refractivity contribution in [3.05, 3.63) is 122 Å². The third kappa shape index (κ3) is 32.0. The van der Waals surface area contributed by atoms with Gasteiger partial charge in [0, 0.05) is 6.42 Å². The second kappa shape index (κ2) is 49.8. The molecule has 0 bridgehead atoms. The van der Waals surface area contributed by atoms with Crippen molar-refractivity contribution in [2.45, 2.75) is 279 Å². The van der Waals surface area contributed by atoms with E-state index in [1.54, 1.807) is 6.08 Å². The summed E-state index contributed by atoms with van der Waals surface area (Å²) in [6.07, 6.45) is 40.5. The molecule has 0 aromatic heterocycles. The molecule has 0 saturated carbocycles. The van der Waals surface area contributed by atoms with Gasteiger partial charge in [-0.2, -0.15) is 0 Å². The number of unbranched alkanes of at least 4 members (excludes halogenated alkanes) is 13. The van der Waals surface area contributed by atoms with Crippen LogP contribution in [0.25, 0.3) is 0 Å². The Bertz CT molecular complexity index is 2070. The van der Waals surface area contributed by atoms with E-state index >= 15 is 0 Å². The smallest absolute Gasteiger partial charge is 0.220 e. The maximum atomic E-state index is 13.3. The first-order valence-corrected chi connectivity index (χ1v) is 32.8. The Balaban J connectivity index is 1.39. The third-order valence-corrected chi connectivity index (χ3v) is 15.5. The van der Waals surface area contributed by atoms with Gasteiger partial charge >= 0.3 is 0 Å². The monoisotopic (exact) mass is 1240 g/mol. The van der Waals surface area contributed by atoms with Gasteiger partial charge in [-0.3, -0.25) is 4.79 Å². The van der Waals surface area contributed by atoms with Gasteiger partial charge < -0.3 is 89.9 Å². The molecule has 3 rings (SSSR count). The first-order chi connectivity index (χ1) is 42.8. The van der Waals surface area contributed by atoms with E-state index in [0.29, 0.717) is 6.42 Å². The number of rotatable bonds is 47. The maximum absolute atomic E-state index is 13.3. The minimum Gasteiger partial charge on any atom is -0.394 e. The molecule has 0 aliphatic carbocycles. The molecule has 12 N–H and O–H groups in total. The Labute approximate surface area is 525 Å². The molecule has 3 fully saturated rings. The number of nitrogens with one attached hydrogen (secondary N) is 1. The summed E-state index contributed by atoms with van der Waals surface area (Å²) < 4.78 is 34.2. The fraction of sp³-hybridized carbons (Fsp3) is 0.696. The Hall–Kier alpha value is -3.81. The maximum Gasteiger partial charge on any atom is 0.220 e. The van der Waals surface area contributed by atoms with E-state index in [9.17, 15) is 61.0 Å². The number of amides is 1. The topological polar surface area (TPSA) is 307 Å². The zero-order chi connectivity index (χ0) is 64.0. The lowest BCUT2D eigenvalue weighted by molar-refractivity contribution is -0.379. The average molecular weight is 1240 g/mol. The van der Waals surface area contributed by atoms with E-state index in [4.69, 9.17) is 28.4 Å². The van der Waals surface area contributed by atoms with Crippen LogP contribution in [0.4, 0.5) is 0 Å². The van der Waals surface area contributed by atoms with E-state index < -0.39 is 124 Å². The summed E-state index contributed by atoms with van der Waals surface area (Å²) in [4.78, 5) is 13.3. The summed E-state index contributed by atoms with van der Waals surface area (Å²) in [6.45, 7) is 1.53. The predicted octanol–water partition coefficient (Wildman–Crippen LogP) is 7.65. The molecular formula is C69H113NO18. The number of carbonyl (C=O) groups excluding carboxylic acids is 1. The summed E-state index contributed by atoms with van der Waals surface area (Å²) in [6, 6.07) is -0.991. The minimum atomic E-state index is -1.99. The fourth-order valence-electron chi connectivity index (χ4n) is 10.2. The van der Waals surface area contributed by atoms with Gasteiger partial charge in [0.1, 0.15) is 73.2 Å². The van der Waals surface area contributed by atoms with Crippen LogP contribution in [0.2, 0.25) is 0 Å². The lowest BCUT2D eigenvalue weighted by Crippen LogP contribution is -2.66. The van der Waals surface area contributed by atoms with Crippen molar-refractivity contribution in [1.29, 1.82) is 0 Å². The summed E-state index contributed by atoms with van der Waals surface area (Å²) >= 11 is 0. The molecule has 17 unspecified atom stereocenters. The number of carbonyl (C=O) groups is 1. The lowest BCUT2D eigenvalue weighted by Gasteiger charge is -2.48. The van der Waals surface area contributed by atoms with Crippen molar-refractivity contribution in [1.82, 2.24) is 5.32 Å². The van der Waals surface area contributed by atoms with Crippen molar-refractivity contribution in [3.8, 4) is 0 Å². The first-order valence-electron chi connectivity index (χ1n) is 32.8. The molecule has 3 heterocycles. The van der Waals surface area contributed by atoms with Crippen LogP contribution in [-0.4, -0.2) is 193 Å². The average Bonchev–Trinajstić information content (AvgIpc) is 1.83. The molecule has 502 valence electrons. The van der Waals surface area contributed by atoms with Gasteiger partial charge in [-0.05, 0) is 89.9 Å². The molecule has 1 amide bonds. The summed E-state index contributed by atoms with van der Waals surface area (Å²) in [5.74, 6) is -0.303. The number of aliphatic hydroxyl groups excluding tert-OH is 11. The van der Waals surface area contributed by atoms with Gasteiger partial charge in [-0.15, -0.1) is 0 Å². The van der Waals surface area contributed by atoms with Gasteiger partial charge in [-0.1, -0.05) is 200 Å². The van der Waals surface area contributed by atoms with Crippen molar-refractivity contribution in [3.63, 3.8) is 0 Å². The van der Waals surface area contributed by atoms with Crippen LogP contribution in [0.5, 0.6) is 0 Å². The van der Waals surface area contributed by atoms with Gasteiger partial charge in [0.15, 0.2) is 18.9 Å². The predicted molar refractivity (Wildman–Crippen MR) is 341 cm³/mol. The number of aliphatic hydroxyl groups is 11. The molecule has 19 heteroatoms. The normalized spacial score (nSPS) is 29.2. The SMILES string of the molecule is CC/C=C\C/C=C\C/C=C\C/C=C\C/C=C\C/C=C\C/C=C\C/C=C\C/C=C\CCCCCCCC(=O)NC(COC1OC(CO)C(OC2OC(CO)C(OC3OC(CO)C(O)C(O)C3O)C(O)C2O)C(O)C1O)C(O)/C=C/CCCCCCCCCC. The van der Waals surface area contributed by atoms with E-state index in [1.807, 2.05) is 6.08 Å². The third-order valence-electron chi connectivity index (χ3n) is 15.5. The van der Waals surface area contributed by atoms with E-state index in [1.165, 1.54) is 32.1 Å². The Kier molecular flexibility index (Phi) is 44.4. The molecule has 0 aromatic carbocycles. The zero-order valence-corrected chi connectivity index (χ0v) is 52.6. The van der Waals surface area contributed by atoms with Gasteiger partial charge in [-0.25, -0.2) is 0 Å². The number of hydrogen-bond donors (Lipinski definition) is 12. The molecule has 3 aliphatic heterocycles. The molecule has 88 heavy (non-hydrogen) atoms. The number of allylic oxidation sites excluding steroid dienone is 19. The molecule has 0 radical (unpaired) electrons. The highest BCUT2D eigenvalue weighted by atomic mass is 16.8. The van der Waals surface area contributed by atoms with Gasteiger partial charge in [0.25, 0.3) is 0 Å². The van der Waals surface area contributed by atoms with Crippen LogP contribution < -0.4 is 5.32 Å². The van der Waals surface area contributed by atoms with E-state index in [0.717, 1.165) is 116 Å². The molecule has 17 atom stereocenters. The molecule has 3 aliphatic rings. The van der Waals surface area contributed by atoms with E-state index in [2.05, 4.69) is 129 Å². The highest BCUT2D eigenvalue weighted by Gasteiger charge is 2.53. The van der Waals surface area contributed by atoms with Crippen LogP contribution in [0.15, 0.2) is 122 Å². The molecular weight excluding hydrogens is 1130 g/mol. The number of ether oxygens (including phenoxy) is 6. The molecule has 3 saturated heterocycles. The van der Waals surface area contributed by atoms with Gasteiger partial charge in [0.2, 0.25) is 5.91 Å². The van der Waals surface area contributed by atoms with Crippen LogP contribution in [0, 0.1) is 0 Å².